The minimum absolute atomic E-state index is 0.100. The molecule has 1 aliphatic carbocycles. The number of benzene rings is 1. The second kappa shape index (κ2) is 8.15. The topological polar surface area (TPSA) is 91.4 Å². The van der Waals surface area contributed by atoms with Crippen molar-refractivity contribution < 1.29 is 22.4 Å². The highest BCUT2D eigenvalue weighted by molar-refractivity contribution is 5.89. The number of methoxy groups -OCH3 is 1. The first-order chi connectivity index (χ1) is 17.7. The van der Waals surface area contributed by atoms with Crippen molar-refractivity contribution >= 4 is 22.5 Å². The van der Waals surface area contributed by atoms with Crippen LogP contribution in [0, 0.1) is 5.41 Å². The monoisotopic (exact) mass is 472 g/mol. The lowest BCUT2D eigenvalue weighted by molar-refractivity contribution is -0.131. The maximum Gasteiger partial charge on any atom is 0.258 e. The highest BCUT2D eigenvalue weighted by Crippen LogP contribution is 2.42. The number of alkyl halides is 2. The van der Waals surface area contributed by atoms with Gasteiger partial charge in [-0.2, -0.15) is 4.98 Å². The van der Waals surface area contributed by atoms with E-state index in [4.69, 9.17) is 13.6 Å². The number of anilines is 1. The predicted octanol–water partition coefficient (Wildman–Crippen LogP) is 3.79. The average molecular weight is 473 g/mol. The van der Waals surface area contributed by atoms with Crippen LogP contribution in [0.2, 0.25) is 0 Å². The third-order valence-corrected chi connectivity index (χ3v) is 6.91. The zero-order valence-electron chi connectivity index (χ0n) is 21.2. The van der Waals surface area contributed by atoms with Crippen molar-refractivity contribution in [1.82, 2.24) is 29.6 Å². The summed E-state index contributed by atoms with van der Waals surface area (Å²) in [6.45, 7) is 1.04. The molecule has 4 aromatic rings. The van der Waals surface area contributed by atoms with Crippen molar-refractivity contribution in [3.63, 3.8) is 0 Å². The Kier molecular flexibility index (Phi) is 4.33. The van der Waals surface area contributed by atoms with Gasteiger partial charge < -0.3 is 14.8 Å². The Labute approximate surface area is 198 Å². The predicted molar refractivity (Wildman–Crippen MR) is 121 cm³/mol. The normalized spacial score (nSPS) is 19.8. The Hall–Kier alpha value is -3.34. The van der Waals surface area contributed by atoms with E-state index in [1.54, 1.807) is 30.5 Å². The molecule has 178 valence electrons. The van der Waals surface area contributed by atoms with Gasteiger partial charge in [-0.05, 0) is 49.4 Å². The van der Waals surface area contributed by atoms with Crippen LogP contribution in [0.1, 0.15) is 29.8 Å². The van der Waals surface area contributed by atoms with Crippen LogP contribution in [0.4, 0.5) is 14.7 Å². The van der Waals surface area contributed by atoms with Crippen LogP contribution < -0.4 is 10.1 Å². The Morgan fingerprint density at radius 3 is 2.88 bits per heavy atom. The lowest BCUT2D eigenvalue weighted by Gasteiger charge is -2.46. The molecule has 3 aromatic heterocycles. The zero-order chi connectivity index (χ0) is 25.8. The van der Waals surface area contributed by atoms with Gasteiger partial charge in [0.15, 0.2) is 0 Å². The first-order valence-corrected chi connectivity index (χ1v) is 11.2. The van der Waals surface area contributed by atoms with Gasteiger partial charge in [0.1, 0.15) is 17.6 Å². The molecule has 6 rings (SSSR count). The van der Waals surface area contributed by atoms with Crippen molar-refractivity contribution in [2.24, 2.45) is 5.41 Å². The molecule has 1 aromatic carbocycles. The lowest BCUT2D eigenvalue weighted by atomic mass is 9.71. The fourth-order valence-corrected chi connectivity index (χ4v) is 4.99. The van der Waals surface area contributed by atoms with Gasteiger partial charge in [0, 0.05) is 23.2 Å². The van der Waals surface area contributed by atoms with Crippen molar-refractivity contribution in [2.75, 3.05) is 25.6 Å². The summed E-state index contributed by atoms with van der Waals surface area (Å²) in [5.74, 6) is 0.172. The number of halogens is 2. The van der Waals surface area contributed by atoms with E-state index in [1.165, 1.54) is 4.52 Å². The number of ether oxygens (including phenoxy) is 2. The minimum atomic E-state index is -2.74. The van der Waals surface area contributed by atoms with Crippen molar-refractivity contribution in [2.45, 2.75) is 44.7 Å². The average Bonchev–Trinajstić information content (AvgIpc) is 3.41. The van der Waals surface area contributed by atoms with E-state index in [-0.39, 0.29) is 17.9 Å². The number of fused-ring (bicyclic) bond motifs is 2. The molecule has 1 aliphatic heterocycles. The van der Waals surface area contributed by atoms with Gasteiger partial charge in [-0.1, -0.05) is 11.3 Å². The lowest BCUT2D eigenvalue weighted by Crippen LogP contribution is -2.47. The van der Waals surface area contributed by atoms with Crippen LogP contribution in [0.5, 0.6) is 5.88 Å². The highest BCUT2D eigenvalue weighted by Gasteiger charge is 2.41. The number of hydrogen-bond donors (Lipinski definition) is 1. The second-order valence-electron chi connectivity index (χ2n) is 9.14. The molecular formula is C23H25F2N7O2. The van der Waals surface area contributed by atoms with E-state index in [2.05, 4.69) is 25.7 Å². The number of nitrogens with zero attached hydrogens (tertiary/aromatic N) is 6. The largest absolute Gasteiger partial charge is 0.479 e. The summed E-state index contributed by atoms with van der Waals surface area (Å²) in [5.41, 5.74) is 2.77. The van der Waals surface area contributed by atoms with Gasteiger partial charge in [-0.3, -0.25) is 0 Å². The fourth-order valence-electron chi connectivity index (χ4n) is 4.99. The van der Waals surface area contributed by atoms with Crippen LogP contribution >= 0.6 is 0 Å². The van der Waals surface area contributed by atoms with Crippen LogP contribution in [0.3, 0.4) is 0 Å². The van der Waals surface area contributed by atoms with Crippen LogP contribution in [0.25, 0.3) is 27.7 Å². The maximum atomic E-state index is 13.0. The molecule has 0 amide bonds. The molecule has 11 heteroatoms. The summed E-state index contributed by atoms with van der Waals surface area (Å²) >= 11 is 0. The third-order valence-electron chi connectivity index (χ3n) is 6.91. The zero-order valence-corrected chi connectivity index (χ0v) is 18.2. The highest BCUT2D eigenvalue weighted by atomic mass is 19.3. The van der Waals surface area contributed by atoms with Gasteiger partial charge in [0.25, 0.3) is 6.43 Å². The molecule has 34 heavy (non-hydrogen) atoms. The first kappa shape index (κ1) is 18.0. The molecule has 1 N–H and O–H groups in total. The van der Waals surface area contributed by atoms with E-state index in [1.807, 2.05) is 0 Å². The summed E-state index contributed by atoms with van der Waals surface area (Å²) in [6.07, 6.45) is 3.09. The SMILES string of the molecule is [2H]C([2H])([2H])Oc1nc(NC2CCC3(CC2)COC3)nn2ccc(-c3ccc4nnn(CC(F)F)c4c3)c12. The molecule has 0 radical (unpaired) electrons. The number of rotatable bonds is 6. The molecule has 4 heterocycles. The molecule has 0 atom stereocenters. The Balaban J connectivity index is 1.36. The standard InChI is InChI=1S/C23H25F2N7O2/c1-33-21-20-16(14-2-3-17-18(10-14)32(30-28-17)11-19(24)25)6-9-31(20)29-22(27-21)26-15-4-7-23(8-5-15)12-34-13-23/h2-3,6,9-10,15,19H,4-5,7-8,11-13H2,1H3,(H,26,29)/i1D3. The third kappa shape index (κ3) is 3.64. The summed E-state index contributed by atoms with van der Waals surface area (Å²) in [7, 11) is -2.74. The van der Waals surface area contributed by atoms with E-state index in [0.717, 1.165) is 43.6 Å². The van der Waals surface area contributed by atoms with Crippen molar-refractivity contribution in [3.8, 4) is 17.0 Å². The van der Waals surface area contributed by atoms with E-state index < -0.39 is 20.0 Å². The van der Waals surface area contributed by atoms with E-state index in [0.29, 0.717) is 33.1 Å². The molecule has 2 aliphatic rings. The minimum Gasteiger partial charge on any atom is -0.479 e. The molecular weight excluding hydrogens is 444 g/mol. The molecule has 2 fully saturated rings. The van der Waals surface area contributed by atoms with E-state index >= 15 is 0 Å². The molecule has 0 bridgehead atoms. The van der Waals surface area contributed by atoms with Gasteiger partial charge in [0.05, 0.1) is 29.9 Å². The Morgan fingerprint density at radius 2 is 2.15 bits per heavy atom. The molecule has 1 saturated carbocycles. The summed E-state index contributed by atoms with van der Waals surface area (Å²) in [4.78, 5) is 4.44. The van der Waals surface area contributed by atoms with Crippen molar-refractivity contribution in [1.29, 1.82) is 0 Å². The van der Waals surface area contributed by atoms with Crippen LogP contribution in [-0.2, 0) is 11.3 Å². The second-order valence-corrected chi connectivity index (χ2v) is 9.14. The first-order valence-electron chi connectivity index (χ1n) is 12.7. The summed E-state index contributed by atoms with van der Waals surface area (Å²) < 4.78 is 62.4. The van der Waals surface area contributed by atoms with Crippen LogP contribution in [-0.4, -0.2) is 62.3 Å². The van der Waals surface area contributed by atoms with E-state index in [9.17, 15) is 8.78 Å². The quantitative estimate of drug-likeness (QED) is 0.457. The molecule has 0 unspecified atom stereocenters. The van der Waals surface area contributed by atoms with Gasteiger partial charge in [0.2, 0.25) is 11.8 Å². The Bertz CT molecular complexity index is 1440. The van der Waals surface area contributed by atoms with Crippen LogP contribution in [0.15, 0.2) is 30.5 Å². The maximum absolute atomic E-state index is 13.0. The number of hydrogen-bond acceptors (Lipinski definition) is 7. The molecule has 9 nitrogen and oxygen atoms in total. The number of nitrogens with one attached hydrogen (secondary N) is 1. The fraction of sp³-hybridized carbons (Fsp3) is 0.478. The molecule has 1 saturated heterocycles. The van der Waals surface area contributed by atoms with Gasteiger partial charge in [-0.25, -0.2) is 18.0 Å². The number of aromatic nitrogens is 6. The van der Waals surface area contributed by atoms with Gasteiger partial charge in [-0.15, -0.1) is 10.2 Å². The van der Waals surface area contributed by atoms with Gasteiger partial charge >= 0.3 is 0 Å². The molecule has 1 spiro atoms. The summed E-state index contributed by atoms with van der Waals surface area (Å²) in [6, 6.07) is 7.02. The Morgan fingerprint density at radius 1 is 1.29 bits per heavy atom. The summed E-state index contributed by atoms with van der Waals surface area (Å²) in [5, 5.41) is 15.7. The van der Waals surface area contributed by atoms with Crippen molar-refractivity contribution in [3.05, 3.63) is 30.5 Å². The smallest absolute Gasteiger partial charge is 0.258 e.